The molecule has 0 radical (unpaired) electrons. The number of amides is 1. The van der Waals surface area contributed by atoms with Crippen LogP contribution in [0, 0.1) is 5.82 Å². The Bertz CT molecular complexity index is 1520. The van der Waals surface area contributed by atoms with Crippen molar-refractivity contribution in [3.63, 3.8) is 0 Å². The van der Waals surface area contributed by atoms with Crippen molar-refractivity contribution in [2.45, 2.75) is 63.1 Å². The van der Waals surface area contributed by atoms with Gasteiger partial charge in [-0.1, -0.05) is 17.3 Å². The molecule has 0 atom stereocenters. The number of nitrogens with one attached hydrogen (secondary N) is 1. The Kier molecular flexibility index (Phi) is 6.19. The number of rotatable bonds is 7. The molecule has 1 saturated carbocycles. The van der Waals surface area contributed by atoms with Crippen molar-refractivity contribution in [2.24, 2.45) is 0 Å². The number of anilines is 1. The van der Waals surface area contributed by atoms with Crippen molar-refractivity contribution in [1.82, 2.24) is 24.9 Å². The predicted molar refractivity (Wildman–Crippen MR) is 131 cm³/mol. The zero-order valence-electron chi connectivity index (χ0n) is 20.8. The topological polar surface area (TPSA) is 98.7 Å². The fourth-order valence-electron chi connectivity index (χ4n) is 4.98. The normalized spacial score (nSPS) is 16.1. The molecule has 6 rings (SSSR count). The second-order valence-electron chi connectivity index (χ2n) is 10.0. The van der Waals surface area contributed by atoms with E-state index in [9.17, 15) is 22.4 Å². The standard InChI is InChI=1S/C27H24F4N6O2/c28-20-9-16(19-13-32-23(33-14-19)10-18-15-34-37-8-2-1-3-21(18)37)4-5-17(20)11-25(38)35-24-12-22(39-36-24)26(6-7-26)27(29,30)31/h4-5,9,12-15H,1-3,6-8,10-11H2,(H,35,36,38). The van der Waals surface area contributed by atoms with Gasteiger partial charge >= 0.3 is 6.18 Å². The lowest BCUT2D eigenvalue weighted by Gasteiger charge is -2.14. The Morgan fingerprint density at radius 3 is 2.56 bits per heavy atom. The summed E-state index contributed by atoms with van der Waals surface area (Å²) < 4.78 is 61.5. The van der Waals surface area contributed by atoms with E-state index in [0.717, 1.165) is 37.4 Å². The number of aryl methyl sites for hydroxylation is 1. The van der Waals surface area contributed by atoms with E-state index < -0.39 is 23.3 Å². The molecule has 0 bridgehead atoms. The van der Waals surface area contributed by atoms with Gasteiger partial charge in [0.2, 0.25) is 5.91 Å². The van der Waals surface area contributed by atoms with Crippen LogP contribution in [0.15, 0.2) is 47.4 Å². The van der Waals surface area contributed by atoms with Crippen LogP contribution in [-0.4, -0.2) is 37.0 Å². The number of carbonyl (C=O) groups excluding carboxylic acids is 1. The third kappa shape index (κ3) is 4.90. The number of nitrogens with zero attached hydrogens (tertiary/aromatic N) is 5. The fourth-order valence-corrected chi connectivity index (χ4v) is 4.98. The van der Waals surface area contributed by atoms with E-state index in [1.807, 2.05) is 10.9 Å². The number of halogens is 4. The zero-order valence-corrected chi connectivity index (χ0v) is 20.8. The zero-order chi connectivity index (χ0) is 27.2. The van der Waals surface area contributed by atoms with Gasteiger partial charge in [-0.05, 0) is 49.3 Å². The van der Waals surface area contributed by atoms with Crippen molar-refractivity contribution >= 4 is 11.7 Å². The molecule has 1 aromatic carbocycles. The van der Waals surface area contributed by atoms with E-state index in [2.05, 4.69) is 25.5 Å². The van der Waals surface area contributed by atoms with Crippen molar-refractivity contribution in [1.29, 1.82) is 0 Å². The quantitative estimate of drug-likeness (QED) is 0.325. The van der Waals surface area contributed by atoms with Gasteiger partial charge in [0.15, 0.2) is 11.6 Å². The number of hydrogen-bond donors (Lipinski definition) is 1. The van der Waals surface area contributed by atoms with Crippen molar-refractivity contribution in [3.05, 3.63) is 77.1 Å². The van der Waals surface area contributed by atoms with Crippen LogP contribution in [0.4, 0.5) is 23.4 Å². The molecule has 1 amide bonds. The third-order valence-corrected chi connectivity index (χ3v) is 7.40. The summed E-state index contributed by atoms with van der Waals surface area (Å²) in [6.07, 6.45) is 4.03. The van der Waals surface area contributed by atoms with Gasteiger partial charge in [0, 0.05) is 48.2 Å². The summed E-state index contributed by atoms with van der Waals surface area (Å²) in [5.74, 6) is -1.07. The average molecular weight is 541 g/mol. The van der Waals surface area contributed by atoms with Crippen molar-refractivity contribution in [3.8, 4) is 11.1 Å². The molecule has 3 aromatic heterocycles. The van der Waals surface area contributed by atoms with Gasteiger partial charge in [0.1, 0.15) is 17.1 Å². The Morgan fingerprint density at radius 1 is 1.05 bits per heavy atom. The summed E-state index contributed by atoms with van der Waals surface area (Å²) in [4.78, 5) is 21.3. The lowest BCUT2D eigenvalue weighted by Crippen LogP contribution is -2.28. The van der Waals surface area contributed by atoms with Crippen LogP contribution in [-0.2, 0) is 36.0 Å². The molecular formula is C27H24F4N6O2. The monoisotopic (exact) mass is 540 g/mol. The molecule has 1 N–H and O–H groups in total. The fraction of sp³-hybridized carbons (Fsp3) is 0.370. The number of fused-ring (bicyclic) bond motifs is 1. The van der Waals surface area contributed by atoms with Crippen LogP contribution in [0.1, 0.15) is 54.1 Å². The predicted octanol–water partition coefficient (Wildman–Crippen LogP) is 5.17. The number of benzene rings is 1. The first-order valence-electron chi connectivity index (χ1n) is 12.7. The van der Waals surface area contributed by atoms with Gasteiger partial charge in [0.25, 0.3) is 0 Å². The molecule has 1 aliphatic carbocycles. The van der Waals surface area contributed by atoms with E-state index in [0.29, 0.717) is 23.4 Å². The second kappa shape index (κ2) is 9.58. The van der Waals surface area contributed by atoms with Crippen molar-refractivity contribution in [2.75, 3.05) is 5.32 Å². The van der Waals surface area contributed by atoms with Gasteiger partial charge < -0.3 is 9.84 Å². The molecule has 1 fully saturated rings. The van der Waals surface area contributed by atoms with E-state index >= 15 is 0 Å². The number of hydrogen-bond acceptors (Lipinski definition) is 6. The minimum atomic E-state index is -4.45. The smallest absolute Gasteiger partial charge is 0.358 e. The lowest BCUT2D eigenvalue weighted by molar-refractivity contribution is -0.165. The molecule has 0 spiro atoms. The summed E-state index contributed by atoms with van der Waals surface area (Å²) in [6.45, 7) is 0.933. The van der Waals surface area contributed by atoms with E-state index in [1.165, 1.54) is 17.8 Å². The molecule has 12 heteroatoms. The first-order chi connectivity index (χ1) is 18.7. The number of carbonyl (C=O) groups is 1. The molecule has 0 unspecified atom stereocenters. The number of aromatic nitrogens is 5. The Balaban J connectivity index is 1.09. The van der Waals surface area contributed by atoms with Crippen LogP contribution >= 0.6 is 0 Å². The largest absolute Gasteiger partial charge is 0.401 e. The van der Waals surface area contributed by atoms with Crippen LogP contribution in [0.5, 0.6) is 0 Å². The maximum absolute atomic E-state index is 14.8. The maximum atomic E-state index is 14.8. The number of alkyl halides is 3. The highest BCUT2D eigenvalue weighted by atomic mass is 19.4. The van der Waals surface area contributed by atoms with Gasteiger partial charge in [0.05, 0.1) is 12.6 Å². The van der Waals surface area contributed by atoms with Crippen LogP contribution in [0.25, 0.3) is 11.1 Å². The summed E-state index contributed by atoms with van der Waals surface area (Å²) in [5.41, 5.74) is 1.61. The Labute approximate surface area is 220 Å². The maximum Gasteiger partial charge on any atom is 0.401 e. The van der Waals surface area contributed by atoms with Crippen molar-refractivity contribution < 1.29 is 26.9 Å². The molecule has 202 valence electrons. The highest BCUT2D eigenvalue weighted by molar-refractivity contribution is 5.91. The molecule has 4 aromatic rings. The summed E-state index contributed by atoms with van der Waals surface area (Å²) in [6, 6.07) is 5.51. The van der Waals surface area contributed by atoms with Gasteiger partial charge in [-0.25, -0.2) is 14.4 Å². The third-order valence-electron chi connectivity index (χ3n) is 7.40. The summed E-state index contributed by atoms with van der Waals surface area (Å²) in [7, 11) is 0. The first-order valence-corrected chi connectivity index (χ1v) is 12.7. The molecule has 4 heterocycles. The first kappa shape index (κ1) is 25.2. The van der Waals surface area contributed by atoms with Crippen LogP contribution in [0.2, 0.25) is 0 Å². The van der Waals surface area contributed by atoms with Gasteiger partial charge in [-0.15, -0.1) is 0 Å². The Morgan fingerprint density at radius 2 is 1.85 bits per heavy atom. The van der Waals surface area contributed by atoms with E-state index in [1.54, 1.807) is 18.5 Å². The molecular weight excluding hydrogens is 516 g/mol. The SMILES string of the molecule is O=C(Cc1ccc(-c2cnc(Cc3cnn4c3CCCC4)nc2)cc1F)Nc1cc(C2(C(F)(F)F)CC2)on1. The highest BCUT2D eigenvalue weighted by Gasteiger charge is 2.66. The molecule has 0 saturated heterocycles. The van der Waals surface area contributed by atoms with Gasteiger partial charge in [-0.3, -0.25) is 9.48 Å². The van der Waals surface area contributed by atoms with E-state index in [4.69, 9.17) is 4.52 Å². The highest BCUT2D eigenvalue weighted by Crippen LogP contribution is 2.59. The molecule has 8 nitrogen and oxygen atoms in total. The van der Waals surface area contributed by atoms with E-state index in [-0.39, 0.29) is 36.4 Å². The van der Waals surface area contributed by atoms with Crippen LogP contribution in [0.3, 0.4) is 0 Å². The summed E-state index contributed by atoms with van der Waals surface area (Å²) in [5, 5.41) is 10.3. The molecule has 1 aliphatic heterocycles. The second-order valence-corrected chi connectivity index (χ2v) is 10.0. The van der Waals surface area contributed by atoms with Gasteiger partial charge in [-0.2, -0.15) is 18.3 Å². The van der Waals surface area contributed by atoms with Crippen LogP contribution < -0.4 is 5.32 Å². The minimum absolute atomic E-state index is 0.0863. The minimum Gasteiger partial charge on any atom is -0.358 e. The Hall–Kier alpha value is -4.09. The molecule has 2 aliphatic rings. The summed E-state index contributed by atoms with van der Waals surface area (Å²) >= 11 is 0. The lowest BCUT2D eigenvalue weighted by atomic mass is 10.0. The average Bonchev–Trinajstić information content (AvgIpc) is 3.46. The molecule has 39 heavy (non-hydrogen) atoms.